The van der Waals surface area contributed by atoms with Gasteiger partial charge >= 0.3 is 0 Å². The second-order valence-electron chi connectivity index (χ2n) is 4.68. The van der Waals surface area contributed by atoms with Gasteiger partial charge in [0.05, 0.1) is 12.7 Å². The van der Waals surface area contributed by atoms with Gasteiger partial charge in [0, 0.05) is 6.61 Å². The van der Waals surface area contributed by atoms with E-state index in [2.05, 4.69) is 13.8 Å². The Hall–Kier alpha value is -1.13. The Kier molecular flexibility index (Phi) is 6.09. The highest BCUT2D eigenvalue weighted by atomic mass is 19.1. The van der Waals surface area contributed by atoms with E-state index in [1.165, 1.54) is 12.1 Å². The summed E-state index contributed by atoms with van der Waals surface area (Å²) in [7, 11) is 0. The topological polar surface area (TPSA) is 38.7 Å². The molecule has 1 N–H and O–H groups in total. The molecule has 1 atom stereocenters. The molecule has 0 aliphatic rings. The summed E-state index contributed by atoms with van der Waals surface area (Å²) >= 11 is 0. The van der Waals surface area contributed by atoms with Crippen LogP contribution in [0.2, 0.25) is 0 Å². The molecule has 1 unspecified atom stereocenters. The summed E-state index contributed by atoms with van der Waals surface area (Å²) in [5, 5.41) is 9.31. The maximum Gasteiger partial charge on any atom is 0.165 e. The van der Waals surface area contributed by atoms with Gasteiger partial charge in [0.2, 0.25) is 0 Å². The minimum atomic E-state index is -0.678. The van der Waals surface area contributed by atoms with Crippen LogP contribution in [-0.4, -0.2) is 24.9 Å². The van der Waals surface area contributed by atoms with Crippen molar-refractivity contribution in [1.82, 2.24) is 0 Å². The number of ether oxygens (including phenoxy) is 2. The lowest BCUT2D eigenvalue weighted by Crippen LogP contribution is -2.10. The molecule has 0 saturated heterocycles. The van der Waals surface area contributed by atoms with E-state index in [0.29, 0.717) is 31.3 Å². The smallest absolute Gasteiger partial charge is 0.165 e. The first-order chi connectivity index (χ1) is 8.50. The average molecular weight is 256 g/mol. The van der Waals surface area contributed by atoms with E-state index in [1.807, 2.05) is 0 Å². The molecule has 4 heteroatoms. The molecule has 1 aromatic rings. The van der Waals surface area contributed by atoms with Gasteiger partial charge in [-0.25, -0.2) is 4.39 Å². The molecule has 0 radical (unpaired) electrons. The number of rotatable bonds is 7. The lowest BCUT2D eigenvalue weighted by atomic mass is 10.1. The second-order valence-corrected chi connectivity index (χ2v) is 4.68. The standard InChI is InChI=1S/C14H21FO3/c1-10(2)9-17-6-7-18-14-5-4-12(11(3)16)8-13(14)15/h4-5,8,10-11,16H,6-7,9H2,1-3H3. The van der Waals surface area contributed by atoms with Gasteiger partial charge in [0.1, 0.15) is 6.61 Å². The van der Waals surface area contributed by atoms with Gasteiger partial charge in [-0.1, -0.05) is 19.9 Å². The molecule has 0 amide bonds. The maximum atomic E-state index is 13.6. The van der Waals surface area contributed by atoms with Crippen molar-refractivity contribution in [1.29, 1.82) is 0 Å². The Bertz CT molecular complexity index is 364. The monoisotopic (exact) mass is 256 g/mol. The number of benzene rings is 1. The zero-order chi connectivity index (χ0) is 13.5. The minimum absolute atomic E-state index is 0.188. The molecular weight excluding hydrogens is 235 g/mol. The molecule has 0 fully saturated rings. The zero-order valence-corrected chi connectivity index (χ0v) is 11.1. The fraction of sp³-hybridized carbons (Fsp3) is 0.571. The fourth-order valence-electron chi connectivity index (χ4n) is 1.42. The number of aliphatic hydroxyl groups is 1. The molecule has 0 aliphatic heterocycles. The number of aliphatic hydroxyl groups excluding tert-OH is 1. The lowest BCUT2D eigenvalue weighted by Gasteiger charge is -2.11. The lowest BCUT2D eigenvalue weighted by molar-refractivity contribution is 0.0807. The van der Waals surface area contributed by atoms with Gasteiger partial charge in [-0.2, -0.15) is 0 Å². The van der Waals surface area contributed by atoms with E-state index in [9.17, 15) is 9.50 Å². The van der Waals surface area contributed by atoms with Gasteiger partial charge in [-0.15, -0.1) is 0 Å². The summed E-state index contributed by atoms with van der Waals surface area (Å²) < 4.78 is 24.2. The Labute approximate surface area is 108 Å². The summed E-state index contributed by atoms with van der Waals surface area (Å²) in [6.07, 6.45) is -0.678. The minimum Gasteiger partial charge on any atom is -0.488 e. The summed E-state index contributed by atoms with van der Waals surface area (Å²) in [5.41, 5.74) is 0.538. The SMILES string of the molecule is CC(C)COCCOc1ccc(C(C)O)cc1F. The number of halogens is 1. The fourth-order valence-corrected chi connectivity index (χ4v) is 1.42. The van der Waals surface area contributed by atoms with Crippen molar-refractivity contribution >= 4 is 0 Å². The molecule has 0 spiro atoms. The second kappa shape index (κ2) is 7.34. The van der Waals surface area contributed by atoms with E-state index in [4.69, 9.17) is 9.47 Å². The van der Waals surface area contributed by atoms with Gasteiger partial charge in [-0.05, 0) is 30.5 Å². The molecule has 3 nitrogen and oxygen atoms in total. The van der Waals surface area contributed by atoms with Gasteiger partial charge in [0.15, 0.2) is 11.6 Å². The highest BCUT2D eigenvalue weighted by molar-refractivity contribution is 5.30. The van der Waals surface area contributed by atoms with E-state index in [0.717, 1.165) is 0 Å². The van der Waals surface area contributed by atoms with Crippen LogP contribution in [-0.2, 0) is 4.74 Å². The quantitative estimate of drug-likeness (QED) is 0.762. The van der Waals surface area contributed by atoms with Crippen molar-refractivity contribution in [3.63, 3.8) is 0 Å². The van der Waals surface area contributed by atoms with Crippen molar-refractivity contribution in [3.8, 4) is 5.75 Å². The predicted molar refractivity (Wildman–Crippen MR) is 68.2 cm³/mol. The number of hydrogen-bond acceptors (Lipinski definition) is 3. The molecule has 0 heterocycles. The summed E-state index contributed by atoms with van der Waals surface area (Å²) in [6.45, 7) is 7.15. The average Bonchev–Trinajstić information content (AvgIpc) is 2.29. The Morgan fingerprint density at radius 3 is 2.50 bits per heavy atom. The Balaban J connectivity index is 2.39. The molecule has 0 aliphatic carbocycles. The molecule has 18 heavy (non-hydrogen) atoms. The largest absolute Gasteiger partial charge is 0.488 e. The maximum absolute atomic E-state index is 13.6. The van der Waals surface area contributed by atoms with Crippen LogP contribution in [0.15, 0.2) is 18.2 Å². The normalized spacial score (nSPS) is 12.8. The van der Waals surface area contributed by atoms with Crippen LogP contribution in [0.4, 0.5) is 4.39 Å². The van der Waals surface area contributed by atoms with Crippen molar-refractivity contribution in [3.05, 3.63) is 29.6 Å². The molecule has 0 aromatic heterocycles. The van der Waals surface area contributed by atoms with Crippen molar-refractivity contribution in [2.75, 3.05) is 19.8 Å². The van der Waals surface area contributed by atoms with E-state index in [-0.39, 0.29) is 5.75 Å². The van der Waals surface area contributed by atoms with Gasteiger partial charge < -0.3 is 14.6 Å². The first-order valence-corrected chi connectivity index (χ1v) is 6.18. The van der Waals surface area contributed by atoms with Gasteiger partial charge in [0.25, 0.3) is 0 Å². The van der Waals surface area contributed by atoms with Crippen LogP contribution in [0.25, 0.3) is 0 Å². The highest BCUT2D eigenvalue weighted by Gasteiger charge is 2.07. The first-order valence-electron chi connectivity index (χ1n) is 6.18. The van der Waals surface area contributed by atoms with Crippen LogP contribution in [0.1, 0.15) is 32.4 Å². The first kappa shape index (κ1) is 14.9. The van der Waals surface area contributed by atoms with Crippen molar-refractivity contribution < 1.29 is 19.0 Å². The van der Waals surface area contributed by atoms with Crippen molar-refractivity contribution in [2.24, 2.45) is 5.92 Å². The van der Waals surface area contributed by atoms with E-state index >= 15 is 0 Å². The zero-order valence-electron chi connectivity index (χ0n) is 11.1. The highest BCUT2D eigenvalue weighted by Crippen LogP contribution is 2.21. The molecular formula is C14H21FO3. The molecule has 1 rings (SSSR count). The Morgan fingerprint density at radius 1 is 1.22 bits per heavy atom. The summed E-state index contributed by atoms with van der Waals surface area (Å²) in [5.74, 6) is 0.205. The third-order valence-electron chi connectivity index (χ3n) is 2.37. The predicted octanol–water partition coefficient (Wildman–Crippen LogP) is 2.93. The molecule has 0 bridgehead atoms. The molecule has 102 valence electrons. The van der Waals surface area contributed by atoms with E-state index < -0.39 is 11.9 Å². The summed E-state index contributed by atoms with van der Waals surface area (Å²) in [4.78, 5) is 0. The third kappa shape index (κ3) is 5.02. The van der Waals surface area contributed by atoms with Crippen LogP contribution in [0.3, 0.4) is 0 Å². The van der Waals surface area contributed by atoms with Crippen LogP contribution in [0, 0.1) is 11.7 Å². The van der Waals surface area contributed by atoms with Gasteiger partial charge in [-0.3, -0.25) is 0 Å². The van der Waals surface area contributed by atoms with Crippen molar-refractivity contribution in [2.45, 2.75) is 26.9 Å². The summed E-state index contributed by atoms with van der Waals surface area (Å²) in [6, 6.07) is 4.47. The molecule has 0 saturated carbocycles. The molecule has 1 aromatic carbocycles. The third-order valence-corrected chi connectivity index (χ3v) is 2.37. The van der Waals surface area contributed by atoms with Crippen LogP contribution in [0.5, 0.6) is 5.75 Å². The number of hydrogen-bond donors (Lipinski definition) is 1. The van der Waals surface area contributed by atoms with E-state index in [1.54, 1.807) is 13.0 Å². The Morgan fingerprint density at radius 2 is 1.94 bits per heavy atom. The van der Waals surface area contributed by atoms with Crippen LogP contribution < -0.4 is 4.74 Å². The van der Waals surface area contributed by atoms with Crippen LogP contribution >= 0.6 is 0 Å².